The largest absolute Gasteiger partial charge is 0.329 e. The van der Waals surface area contributed by atoms with Crippen molar-refractivity contribution in [1.29, 1.82) is 0 Å². The number of rotatable bonds is 4. The van der Waals surface area contributed by atoms with Gasteiger partial charge in [-0.15, -0.1) is 0 Å². The molecule has 0 aliphatic carbocycles. The van der Waals surface area contributed by atoms with Gasteiger partial charge in [-0.3, -0.25) is 4.79 Å². The van der Waals surface area contributed by atoms with Gasteiger partial charge in [0.1, 0.15) is 0 Å². The van der Waals surface area contributed by atoms with Gasteiger partial charge in [-0.05, 0) is 60.7 Å². The van der Waals surface area contributed by atoms with E-state index in [4.69, 9.17) is 5.73 Å². The molecule has 0 atom stereocenters. The molecule has 0 unspecified atom stereocenters. The molecule has 2 aliphatic heterocycles. The normalized spacial score (nSPS) is 16.0. The van der Waals surface area contributed by atoms with Crippen LogP contribution < -0.4 is 11.1 Å². The Kier molecular flexibility index (Phi) is 6.42. The lowest BCUT2D eigenvalue weighted by Gasteiger charge is -2.11. The molecule has 0 spiro atoms. The van der Waals surface area contributed by atoms with E-state index in [2.05, 4.69) is 53.5 Å². The highest BCUT2D eigenvalue weighted by Gasteiger charge is 2.17. The molecule has 1 fully saturated rings. The number of hydrogen-bond donors (Lipinski definition) is 2. The molecule has 0 saturated carbocycles. The Morgan fingerprint density at radius 2 is 1.73 bits per heavy atom. The van der Waals surface area contributed by atoms with E-state index in [1.54, 1.807) is 0 Å². The van der Waals surface area contributed by atoms with Crippen molar-refractivity contribution in [2.24, 2.45) is 5.73 Å². The van der Waals surface area contributed by atoms with Crippen molar-refractivity contribution in [3.63, 3.8) is 0 Å². The van der Waals surface area contributed by atoms with Crippen LogP contribution in [0.1, 0.15) is 30.9 Å². The van der Waals surface area contributed by atoms with E-state index in [-0.39, 0.29) is 5.91 Å². The predicted octanol–water partition coefficient (Wildman–Crippen LogP) is 3.45. The summed E-state index contributed by atoms with van der Waals surface area (Å²) in [5.74, 6) is 0.0866. The Balaban J connectivity index is 0.000000206. The van der Waals surface area contributed by atoms with Crippen molar-refractivity contribution in [2.75, 3.05) is 31.5 Å². The minimum atomic E-state index is 0.0866. The number of anilines is 1. The number of carbonyl (C=O) groups is 1. The third-order valence-corrected chi connectivity index (χ3v) is 5.07. The van der Waals surface area contributed by atoms with E-state index >= 15 is 0 Å². The molecular weight excluding hydrogens is 322 g/mol. The summed E-state index contributed by atoms with van der Waals surface area (Å²) in [5.41, 5.74) is 11.1. The number of amides is 1. The topological polar surface area (TPSA) is 58.4 Å². The van der Waals surface area contributed by atoms with E-state index in [9.17, 15) is 4.79 Å². The monoisotopic (exact) mass is 351 g/mol. The third kappa shape index (κ3) is 4.71. The zero-order valence-corrected chi connectivity index (χ0v) is 15.6. The van der Waals surface area contributed by atoms with Gasteiger partial charge in [0.05, 0.1) is 6.42 Å². The number of fused-ring (bicyclic) bond motifs is 1. The highest BCUT2D eigenvalue weighted by molar-refractivity contribution is 5.99. The molecule has 1 amide bonds. The number of benzene rings is 2. The van der Waals surface area contributed by atoms with Gasteiger partial charge in [0.25, 0.3) is 0 Å². The predicted molar refractivity (Wildman–Crippen MR) is 108 cm³/mol. The first-order valence-corrected chi connectivity index (χ1v) is 9.64. The van der Waals surface area contributed by atoms with Crippen molar-refractivity contribution in [2.45, 2.75) is 32.6 Å². The summed E-state index contributed by atoms with van der Waals surface area (Å²) < 4.78 is 0. The molecular formula is C22H29N3O. The zero-order valence-electron chi connectivity index (χ0n) is 15.6. The Morgan fingerprint density at radius 1 is 1.04 bits per heavy atom. The van der Waals surface area contributed by atoms with Gasteiger partial charge in [0.2, 0.25) is 5.91 Å². The molecule has 2 heterocycles. The molecule has 0 aromatic heterocycles. The van der Waals surface area contributed by atoms with Crippen molar-refractivity contribution in [3.05, 3.63) is 53.6 Å². The molecule has 4 nitrogen and oxygen atoms in total. The fraction of sp³-hybridized carbons (Fsp3) is 0.409. The minimum absolute atomic E-state index is 0.0866. The summed E-state index contributed by atoms with van der Waals surface area (Å²) in [6.07, 6.45) is 4.31. The van der Waals surface area contributed by atoms with Crippen LogP contribution in [-0.2, 0) is 17.6 Å². The van der Waals surface area contributed by atoms with Gasteiger partial charge in [0.15, 0.2) is 0 Å². The molecule has 2 aliphatic rings. The molecule has 4 rings (SSSR count). The number of aryl methyl sites for hydroxylation is 1. The molecule has 0 bridgehead atoms. The summed E-state index contributed by atoms with van der Waals surface area (Å²) in [5, 5.41) is 2.89. The average molecular weight is 351 g/mol. The fourth-order valence-corrected chi connectivity index (χ4v) is 3.52. The number of carbonyl (C=O) groups excluding carboxylic acids is 1. The first-order chi connectivity index (χ1) is 12.7. The third-order valence-electron chi connectivity index (χ3n) is 5.07. The number of nitrogens with one attached hydrogen (secondary N) is 1. The van der Waals surface area contributed by atoms with Crippen LogP contribution in [0.5, 0.6) is 0 Å². The second kappa shape index (κ2) is 8.97. The van der Waals surface area contributed by atoms with Gasteiger partial charge < -0.3 is 16.0 Å². The van der Waals surface area contributed by atoms with Crippen LogP contribution >= 0.6 is 0 Å². The van der Waals surface area contributed by atoms with Crippen LogP contribution in [0.25, 0.3) is 11.1 Å². The average Bonchev–Trinajstić information content (AvgIpc) is 3.30. The van der Waals surface area contributed by atoms with Crippen molar-refractivity contribution in [1.82, 2.24) is 4.90 Å². The highest BCUT2D eigenvalue weighted by Crippen LogP contribution is 2.29. The highest BCUT2D eigenvalue weighted by atomic mass is 16.1. The van der Waals surface area contributed by atoms with E-state index in [1.165, 1.54) is 37.1 Å². The maximum atomic E-state index is 11.3. The van der Waals surface area contributed by atoms with Crippen LogP contribution in [0.3, 0.4) is 0 Å². The summed E-state index contributed by atoms with van der Waals surface area (Å²) >= 11 is 0. The first kappa shape index (κ1) is 18.6. The van der Waals surface area contributed by atoms with Crippen molar-refractivity contribution < 1.29 is 4.79 Å². The summed E-state index contributed by atoms with van der Waals surface area (Å²) in [7, 11) is 0. The van der Waals surface area contributed by atoms with E-state index < -0.39 is 0 Å². The van der Waals surface area contributed by atoms with Crippen LogP contribution in [0.2, 0.25) is 0 Å². The summed E-state index contributed by atoms with van der Waals surface area (Å²) in [4.78, 5) is 13.7. The number of nitrogens with two attached hydrogens (primary N) is 1. The van der Waals surface area contributed by atoms with E-state index in [1.807, 2.05) is 6.07 Å². The number of likely N-dealkylation sites (tertiary alicyclic amines) is 1. The maximum Gasteiger partial charge on any atom is 0.228 e. The Morgan fingerprint density at radius 3 is 2.38 bits per heavy atom. The Labute approximate surface area is 156 Å². The van der Waals surface area contributed by atoms with Crippen LogP contribution in [-0.4, -0.2) is 37.0 Å². The molecule has 138 valence electrons. The maximum absolute atomic E-state index is 11.3. The molecule has 2 aromatic carbocycles. The first-order valence-electron chi connectivity index (χ1n) is 9.64. The van der Waals surface area contributed by atoms with Gasteiger partial charge in [-0.25, -0.2) is 0 Å². The van der Waals surface area contributed by atoms with Crippen molar-refractivity contribution >= 4 is 11.6 Å². The van der Waals surface area contributed by atoms with Crippen LogP contribution in [0.4, 0.5) is 5.69 Å². The van der Waals surface area contributed by atoms with Crippen LogP contribution in [0.15, 0.2) is 42.5 Å². The van der Waals surface area contributed by atoms with Gasteiger partial charge in [-0.2, -0.15) is 0 Å². The zero-order chi connectivity index (χ0) is 18.4. The molecule has 1 saturated heterocycles. The second-order valence-electron chi connectivity index (χ2n) is 6.98. The van der Waals surface area contributed by atoms with Gasteiger partial charge in [0, 0.05) is 18.8 Å². The lowest BCUT2D eigenvalue weighted by molar-refractivity contribution is -0.115. The van der Waals surface area contributed by atoms with Crippen LogP contribution in [0, 0.1) is 0 Å². The molecule has 3 N–H and O–H groups in total. The summed E-state index contributed by atoms with van der Waals surface area (Å²) in [6, 6.07) is 14.8. The van der Waals surface area contributed by atoms with Gasteiger partial charge in [-0.1, -0.05) is 43.3 Å². The Hall–Kier alpha value is -2.17. The Bertz CT molecular complexity index is 734. The van der Waals surface area contributed by atoms with Crippen molar-refractivity contribution in [3.8, 4) is 11.1 Å². The lowest BCUT2D eigenvalue weighted by atomic mass is 10.0. The summed E-state index contributed by atoms with van der Waals surface area (Å²) in [6.45, 7) is 6.62. The number of nitrogens with zero attached hydrogens (tertiary/aromatic N) is 1. The quantitative estimate of drug-likeness (QED) is 0.887. The molecule has 4 heteroatoms. The van der Waals surface area contributed by atoms with E-state index in [0.717, 1.165) is 36.3 Å². The molecule has 26 heavy (non-hydrogen) atoms. The number of hydrogen-bond acceptors (Lipinski definition) is 3. The minimum Gasteiger partial charge on any atom is -0.329 e. The standard InChI is InChI=1S/C16H15NO.C6H14N2/c1-2-11-3-5-12(6-4-11)13-7-8-14-10-16(18)17-15(14)9-13;7-3-6-8-4-1-2-5-8/h3-9H,2,10H2,1H3,(H,17,18);1-7H2. The molecule has 0 radical (unpaired) electrons. The lowest BCUT2D eigenvalue weighted by Crippen LogP contribution is -2.26. The van der Waals surface area contributed by atoms with Gasteiger partial charge >= 0.3 is 0 Å². The second-order valence-corrected chi connectivity index (χ2v) is 6.98. The SMILES string of the molecule is CCc1ccc(-c2ccc3c(c2)NC(=O)C3)cc1.NCCN1CCCC1. The van der Waals surface area contributed by atoms with E-state index in [0.29, 0.717) is 6.42 Å². The smallest absolute Gasteiger partial charge is 0.228 e. The fourth-order valence-electron chi connectivity index (χ4n) is 3.52. The molecule has 2 aromatic rings.